The summed E-state index contributed by atoms with van der Waals surface area (Å²) in [6, 6.07) is 5.06. The van der Waals surface area contributed by atoms with Crippen LogP contribution in [0.25, 0.3) is 0 Å². The first-order valence-corrected chi connectivity index (χ1v) is 5.97. The van der Waals surface area contributed by atoms with Crippen molar-refractivity contribution >= 4 is 21.8 Å². The average Bonchev–Trinajstić information content (AvgIpc) is 2.24. The number of carbonyl (C=O) groups is 1. The maximum Gasteiger partial charge on any atom is 0.251 e. The molecule has 1 rings (SSSR count). The molecule has 17 heavy (non-hydrogen) atoms. The molecule has 4 nitrogen and oxygen atoms in total. The van der Waals surface area contributed by atoms with Crippen LogP contribution in [-0.2, 0) is 0 Å². The number of benzene rings is 1. The van der Waals surface area contributed by atoms with E-state index in [1.807, 2.05) is 0 Å². The quantitative estimate of drug-likeness (QED) is 0.894. The van der Waals surface area contributed by atoms with Crippen LogP contribution in [0.1, 0.15) is 24.2 Å². The van der Waals surface area contributed by atoms with Crippen LogP contribution in [0.4, 0.5) is 0 Å². The molecule has 94 valence electrons. The smallest absolute Gasteiger partial charge is 0.251 e. The third-order valence-electron chi connectivity index (χ3n) is 2.10. The molecular formula is C12H16BrNO3. The standard InChI is InChI=1S/C12H16BrNO3/c1-12(2,16)7-14-11(15)8-4-5-10(17-3)9(13)6-8/h4-6,16H,7H2,1-3H3,(H,14,15). The molecule has 0 bridgehead atoms. The minimum atomic E-state index is -0.917. The van der Waals surface area contributed by atoms with Crippen LogP contribution in [0, 0.1) is 0 Å². The van der Waals surface area contributed by atoms with Crippen LogP contribution in [0.2, 0.25) is 0 Å². The van der Waals surface area contributed by atoms with Crippen molar-refractivity contribution in [1.29, 1.82) is 0 Å². The van der Waals surface area contributed by atoms with Gasteiger partial charge in [0.25, 0.3) is 5.91 Å². The third kappa shape index (κ3) is 4.36. The highest BCUT2D eigenvalue weighted by molar-refractivity contribution is 9.10. The molecule has 1 aromatic rings. The van der Waals surface area contributed by atoms with E-state index < -0.39 is 5.60 Å². The molecule has 5 heteroatoms. The van der Waals surface area contributed by atoms with E-state index in [2.05, 4.69) is 21.2 Å². The third-order valence-corrected chi connectivity index (χ3v) is 2.72. The monoisotopic (exact) mass is 301 g/mol. The fourth-order valence-electron chi connectivity index (χ4n) is 1.21. The Labute approximate surface area is 109 Å². The van der Waals surface area contributed by atoms with Crippen molar-refractivity contribution in [1.82, 2.24) is 5.32 Å². The Bertz CT molecular complexity index is 413. The van der Waals surface area contributed by atoms with Crippen LogP contribution < -0.4 is 10.1 Å². The lowest BCUT2D eigenvalue weighted by Crippen LogP contribution is -2.38. The summed E-state index contributed by atoms with van der Waals surface area (Å²) in [7, 11) is 1.56. The number of aliphatic hydroxyl groups is 1. The second kappa shape index (κ2) is 5.51. The van der Waals surface area contributed by atoms with E-state index in [0.29, 0.717) is 11.3 Å². The normalized spacial score (nSPS) is 11.1. The van der Waals surface area contributed by atoms with Gasteiger partial charge in [-0.25, -0.2) is 0 Å². The molecule has 0 fully saturated rings. The van der Waals surface area contributed by atoms with Crippen molar-refractivity contribution in [2.24, 2.45) is 0 Å². The van der Waals surface area contributed by atoms with Gasteiger partial charge in [0.15, 0.2) is 0 Å². The molecule has 0 heterocycles. The zero-order valence-electron chi connectivity index (χ0n) is 10.1. The van der Waals surface area contributed by atoms with E-state index in [-0.39, 0.29) is 12.5 Å². The number of amides is 1. The second-order valence-electron chi connectivity index (χ2n) is 4.34. The Morgan fingerprint density at radius 1 is 1.53 bits per heavy atom. The molecule has 0 spiro atoms. The number of carbonyl (C=O) groups excluding carboxylic acids is 1. The van der Waals surface area contributed by atoms with Gasteiger partial charge in [0.2, 0.25) is 0 Å². The Hall–Kier alpha value is -1.07. The Kier molecular flexibility index (Phi) is 4.54. The largest absolute Gasteiger partial charge is 0.496 e. The van der Waals surface area contributed by atoms with E-state index >= 15 is 0 Å². The van der Waals surface area contributed by atoms with Crippen LogP contribution in [0.5, 0.6) is 5.75 Å². The number of hydrogen-bond acceptors (Lipinski definition) is 3. The van der Waals surface area contributed by atoms with Crippen LogP contribution in [0.3, 0.4) is 0 Å². The maximum absolute atomic E-state index is 11.8. The molecule has 0 radical (unpaired) electrons. The van der Waals surface area contributed by atoms with Crippen LogP contribution in [-0.4, -0.2) is 30.3 Å². The number of ether oxygens (including phenoxy) is 1. The SMILES string of the molecule is COc1ccc(C(=O)NCC(C)(C)O)cc1Br. The highest BCUT2D eigenvalue weighted by Crippen LogP contribution is 2.25. The van der Waals surface area contributed by atoms with Crippen molar-refractivity contribution in [3.8, 4) is 5.75 Å². The molecule has 0 atom stereocenters. The van der Waals surface area contributed by atoms with Gasteiger partial charge >= 0.3 is 0 Å². The van der Waals surface area contributed by atoms with Crippen LogP contribution >= 0.6 is 15.9 Å². The summed E-state index contributed by atoms with van der Waals surface area (Å²) in [4.78, 5) is 11.8. The molecule has 2 N–H and O–H groups in total. The Balaban J connectivity index is 2.73. The maximum atomic E-state index is 11.8. The first-order valence-electron chi connectivity index (χ1n) is 5.17. The van der Waals surface area contributed by atoms with Gasteiger partial charge in [-0.3, -0.25) is 4.79 Å². The van der Waals surface area contributed by atoms with E-state index in [1.165, 1.54) is 0 Å². The minimum absolute atomic E-state index is 0.204. The number of halogens is 1. The summed E-state index contributed by atoms with van der Waals surface area (Å²) in [6.07, 6.45) is 0. The van der Waals surface area contributed by atoms with Crippen molar-refractivity contribution < 1.29 is 14.6 Å². The molecule has 1 aromatic carbocycles. The number of rotatable bonds is 4. The van der Waals surface area contributed by atoms with E-state index in [0.717, 1.165) is 4.47 Å². The molecule has 0 saturated carbocycles. The summed E-state index contributed by atoms with van der Waals surface area (Å²) in [5, 5.41) is 12.2. The number of hydrogen-bond donors (Lipinski definition) is 2. The van der Waals surface area contributed by atoms with Gasteiger partial charge in [0, 0.05) is 12.1 Å². The first kappa shape index (κ1) is 14.0. The summed E-state index contributed by atoms with van der Waals surface area (Å²) in [5.41, 5.74) is -0.402. The van der Waals surface area contributed by atoms with Gasteiger partial charge in [-0.1, -0.05) is 0 Å². The van der Waals surface area contributed by atoms with Gasteiger partial charge in [-0.05, 0) is 48.0 Å². The molecule has 0 aliphatic carbocycles. The zero-order chi connectivity index (χ0) is 13.1. The second-order valence-corrected chi connectivity index (χ2v) is 5.20. The van der Waals surface area contributed by atoms with Gasteiger partial charge in [0.1, 0.15) is 5.75 Å². The first-order chi connectivity index (χ1) is 7.83. The molecular weight excluding hydrogens is 286 g/mol. The number of methoxy groups -OCH3 is 1. The van der Waals surface area contributed by atoms with E-state index in [4.69, 9.17) is 4.74 Å². The fraction of sp³-hybridized carbons (Fsp3) is 0.417. The average molecular weight is 302 g/mol. The van der Waals surface area contributed by atoms with Crippen molar-refractivity contribution in [3.05, 3.63) is 28.2 Å². The lowest BCUT2D eigenvalue weighted by atomic mass is 10.1. The molecule has 0 aliphatic rings. The molecule has 0 aliphatic heterocycles. The topological polar surface area (TPSA) is 58.6 Å². The summed E-state index contributed by atoms with van der Waals surface area (Å²) in [5.74, 6) is 0.444. The van der Waals surface area contributed by atoms with Gasteiger partial charge in [0.05, 0.1) is 17.2 Å². The zero-order valence-corrected chi connectivity index (χ0v) is 11.7. The lowest BCUT2D eigenvalue weighted by molar-refractivity contribution is 0.0694. The van der Waals surface area contributed by atoms with Crippen molar-refractivity contribution in [3.63, 3.8) is 0 Å². The van der Waals surface area contributed by atoms with E-state index in [9.17, 15) is 9.90 Å². The Morgan fingerprint density at radius 3 is 2.65 bits per heavy atom. The highest BCUT2D eigenvalue weighted by atomic mass is 79.9. The van der Waals surface area contributed by atoms with E-state index in [1.54, 1.807) is 39.2 Å². The highest BCUT2D eigenvalue weighted by Gasteiger charge is 2.15. The Morgan fingerprint density at radius 2 is 2.18 bits per heavy atom. The van der Waals surface area contributed by atoms with Gasteiger partial charge in [-0.15, -0.1) is 0 Å². The molecule has 0 aromatic heterocycles. The summed E-state index contributed by atoms with van der Waals surface area (Å²) >= 11 is 3.31. The van der Waals surface area contributed by atoms with Crippen molar-refractivity contribution in [2.45, 2.75) is 19.4 Å². The van der Waals surface area contributed by atoms with Crippen LogP contribution in [0.15, 0.2) is 22.7 Å². The van der Waals surface area contributed by atoms with Crippen molar-refractivity contribution in [2.75, 3.05) is 13.7 Å². The van der Waals surface area contributed by atoms with Gasteiger partial charge in [-0.2, -0.15) is 0 Å². The molecule has 1 amide bonds. The van der Waals surface area contributed by atoms with Gasteiger partial charge < -0.3 is 15.2 Å². The predicted octanol–water partition coefficient (Wildman–Crippen LogP) is 1.96. The predicted molar refractivity (Wildman–Crippen MR) is 69.3 cm³/mol. The number of nitrogens with one attached hydrogen (secondary N) is 1. The lowest BCUT2D eigenvalue weighted by Gasteiger charge is -2.17. The molecule has 0 unspecified atom stereocenters. The summed E-state index contributed by atoms with van der Waals surface area (Å²) in [6.45, 7) is 3.48. The summed E-state index contributed by atoms with van der Waals surface area (Å²) < 4.78 is 5.79. The molecule has 0 saturated heterocycles. The minimum Gasteiger partial charge on any atom is -0.496 e. The fourth-order valence-corrected chi connectivity index (χ4v) is 1.75.